The summed E-state index contributed by atoms with van der Waals surface area (Å²) >= 11 is 14.5. The van der Waals surface area contributed by atoms with Crippen molar-refractivity contribution in [3.8, 4) is 0 Å². The summed E-state index contributed by atoms with van der Waals surface area (Å²) in [5.41, 5.74) is 0.805. The first kappa shape index (κ1) is 11.7. The van der Waals surface area contributed by atoms with E-state index in [2.05, 4.69) is 15.9 Å². The number of hydrogen-bond acceptors (Lipinski definition) is 2. The van der Waals surface area contributed by atoms with Crippen molar-refractivity contribution in [3.05, 3.63) is 33.3 Å². The molecule has 0 aliphatic heterocycles. The van der Waals surface area contributed by atoms with Crippen LogP contribution < -0.4 is 0 Å². The number of benzene rings is 1. The van der Waals surface area contributed by atoms with E-state index in [-0.39, 0.29) is 16.1 Å². The van der Waals surface area contributed by atoms with E-state index in [0.717, 1.165) is 0 Å². The zero-order valence-electron chi connectivity index (χ0n) is 6.89. The average molecular weight is 296 g/mol. The van der Waals surface area contributed by atoms with Gasteiger partial charge in [0.25, 0.3) is 0 Å². The Kier molecular flexibility index (Phi) is 4.11. The fourth-order valence-electron chi connectivity index (χ4n) is 1.01. The van der Waals surface area contributed by atoms with Crippen LogP contribution in [0, 0.1) is 0 Å². The summed E-state index contributed by atoms with van der Waals surface area (Å²) in [7, 11) is 0. The molecule has 0 spiro atoms. The van der Waals surface area contributed by atoms with Crippen LogP contribution in [0.1, 0.15) is 15.9 Å². The van der Waals surface area contributed by atoms with E-state index in [9.17, 15) is 9.59 Å². The Morgan fingerprint density at radius 2 is 2.07 bits per heavy atom. The summed E-state index contributed by atoms with van der Waals surface area (Å²) in [6.07, 6.45) is 0.695. The van der Waals surface area contributed by atoms with E-state index in [4.69, 9.17) is 23.2 Å². The highest BCUT2D eigenvalue weighted by atomic mass is 79.9. The molecule has 74 valence electrons. The maximum atomic E-state index is 10.8. The fourth-order valence-corrected chi connectivity index (χ4v) is 1.84. The van der Waals surface area contributed by atoms with E-state index < -0.39 is 0 Å². The van der Waals surface area contributed by atoms with Crippen molar-refractivity contribution in [1.29, 1.82) is 0 Å². The molecule has 1 aromatic carbocycles. The van der Waals surface area contributed by atoms with E-state index in [1.165, 1.54) is 6.07 Å². The lowest BCUT2D eigenvalue weighted by Crippen LogP contribution is -1.97. The normalized spacial score (nSPS) is 9.93. The number of halogens is 3. The number of aldehydes is 1. The quantitative estimate of drug-likeness (QED) is 0.633. The van der Waals surface area contributed by atoms with Crippen LogP contribution in [0.2, 0.25) is 10.0 Å². The molecule has 0 saturated carbocycles. The Morgan fingerprint density at radius 3 is 2.57 bits per heavy atom. The van der Waals surface area contributed by atoms with Crippen LogP contribution in [0.15, 0.2) is 12.1 Å². The van der Waals surface area contributed by atoms with Gasteiger partial charge in [0, 0.05) is 17.0 Å². The summed E-state index contributed by atoms with van der Waals surface area (Å²) in [5, 5.41) is 0.619. The van der Waals surface area contributed by atoms with Crippen molar-refractivity contribution in [3.63, 3.8) is 0 Å². The van der Waals surface area contributed by atoms with Crippen LogP contribution >= 0.6 is 39.1 Å². The van der Waals surface area contributed by atoms with E-state index >= 15 is 0 Å². The van der Waals surface area contributed by atoms with Gasteiger partial charge in [-0.3, -0.25) is 9.59 Å². The molecule has 0 bridgehead atoms. The molecule has 0 heterocycles. The molecule has 1 aromatic rings. The van der Waals surface area contributed by atoms with Crippen molar-refractivity contribution in [2.24, 2.45) is 0 Å². The lowest BCUT2D eigenvalue weighted by molar-refractivity contribution is -0.109. The molecule has 0 fully saturated rings. The minimum Gasteiger partial charge on any atom is -0.298 e. The Hall–Kier alpha value is -0.380. The second-order valence-corrected chi connectivity index (χ2v) is 4.25. The van der Waals surface area contributed by atoms with Gasteiger partial charge in [0.1, 0.15) is 0 Å². The molecule has 0 amide bonds. The van der Waals surface area contributed by atoms with Crippen LogP contribution in [0.3, 0.4) is 0 Å². The maximum absolute atomic E-state index is 10.8. The predicted octanol–water partition coefficient (Wildman–Crippen LogP) is 3.27. The summed E-state index contributed by atoms with van der Waals surface area (Å²) < 4.78 is -0.232. The smallest absolute Gasteiger partial charge is 0.202 e. The van der Waals surface area contributed by atoms with Gasteiger partial charge in [0.15, 0.2) is 6.29 Å². The third kappa shape index (κ3) is 2.56. The predicted molar refractivity (Wildman–Crippen MR) is 59.5 cm³/mol. The van der Waals surface area contributed by atoms with Gasteiger partial charge in [-0.25, -0.2) is 0 Å². The molecule has 2 nitrogen and oxygen atoms in total. The van der Waals surface area contributed by atoms with Crippen LogP contribution in [0.25, 0.3) is 0 Å². The Balaban J connectivity index is 3.24. The van der Waals surface area contributed by atoms with E-state index in [1.807, 2.05) is 0 Å². The highest BCUT2D eigenvalue weighted by Gasteiger charge is 2.12. The zero-order chi connectivity index (χ0) is 10.7. The van der Waals surface area contributed by atoms with E-state index in [1.54, 1.807) is 6.07 Å². The third-order valence-electron chi connectivity index (χ3n) is 1.66. The first-order valence-electron chi connectivity index (χ1n) is 3.66. The summed E-state index contributed by atoms with van der Waals surface area (Å²) in [4.78, 5) is 21.4. The van der Waals surface area contributed by atoms with Gasteiger partial charge >= 0.3 is 0 Å². The second kappa shape index (κ2) is 4.91. The van der Waals surface area contributed by atoms with E-state index in [0.29, 0.717) is 22.4 Å². The molecule has 0 unspecified atom stereocenters. The van der Waals surface area contributed by atoms with Crippen molar-refractivity contribution in [2.75, 3.05) is 0 Å². The van der Waals surface area contributed by atoms with Crippen LogP contribution in [0.5, 0.6) is 0 Å². The van der Waals surface area contributed by atoms with Gasteiger partial charge in [-0.05, 0) is 33.6 Å². The SMILES string of the molecule is O=Cc1ccc(Cl)c(CC(=O)Br)c1Cl. The average Bonchev–Trinajstić information content (AvgIpc) is 2.12. The van der Waals surface area contributed by atoms with Crippen molar-refractivity contribution < 1.29 is 9.59 Å². The highest BCUT2D eigenvalue weighted by Crippen LogP contribution is 2.28. The zero-order valence-corrected chi connectivity index (χ0v) is 9.99. The van der Waals surface area contributed by atoms with Gasteiger partial charge in [-0.15, -0.1) is 0 Å². The second-order valence-electron chi connectivity index (χ2n) is 2.58. The molecular weight excluding hydrogens is 291 g/mol. The first-order valence-corrected chi connectivity index (χ1v) is 5.21. The molecule has 0 N–H and O–H groups in total. The number of carbonyl (C=O) groups is 2. The lowest BCUT2D eigenvalue weighted by atomic mass is 10.1. The molecule has 0 radical (unpaired) electrons. The van der Waals surface area contributed by atoms with Crippen LogP contribution in [-0.2, 0) is 11.2 Å². The molecular formula is C9H5BrCl2O2. The molecule has 0 saturated heterocycles. The molecule has 1 rings (SSSR count). The van der Waals surface area contributed by atoms with Gasteiger partial charge in [0.05, 0.1) is 5.02 Å². The minimum atomic E-state index is -0.232. The third-order valence-corrected chi connectivity index (χ3v) is 2.74. The Labute approximate surface area is 99.3 Å². The number of rotatable bonds is 3. The summed E-state index contributed by atoms with van der Waals surface area (Å²) in [6.45, 7) is 0. The van der Waals surface area contributed by atoms with Crippen LogP contribution in [0.4, 0.5) is 0 Å². The molecule has 0 aliphatic rings. The minimum absolute atomic E-state index is 0.0688. The summed E-state index contributed by atoms with van der Waals surface area (Å²) in [5.74, 6) is 0. The van der Waals surface area contributed by atoms with Gasteiger partial charge in [0.2, 0.25) is 4.69 Å². The Morgan fingerprint density at radius 1 is 1.43 bits per heavy atom. The number of carbonyl (C=O) groups excluding carboxylic acids is 2. The monoisotopic (exact) mass is 294 g/mol. The van der Waals surface area contributed by atoms with Gasteiger partial charge < -0.3 is 0 Å². The van der Waals surface area contributed by atoms with Crippen LogP contribution in [-0.4, -0.2) is 11.0 Å². The van der Waals surface area contributed by atoms with Gasteiger partial charge in [-0.2, -0.15) is 0 Å². The highest BCUT2D eigenvalue weighted by molar-refractivity contribution is 9.18. The molecule has 14 heavy (non-hydrogen) atoms. The molecule has 0 aliphatic carbocycles. The maximum Gasteiger partial charge on any atom is 0.202 e. The summed E-state index contributed by atoms with van der Waals surface area (Å²) in [6, 6.07) is 3.06. The standard InChI is InChI=1S/C9H5BrCl2O2/c10-8(14)3-6-7(11)2-1-5(4-13)9(6)12/h1-2,4H,3H2. The fraction of sp³-hybridized carbons (Fsp3) is 0.111. The first-order chi connectivity index (χ1) is 6.56. The van der Waals surface area contributed by atoms with Crippen molar-refractivity contribution in [1.82, 2.24) is 0 Å². The van der Waals surface area contributed by atoms with Crippen molar-refractivity contribution >= 4 is 50.1 Å². The molecule has 0 atom stereocenters. The van der Waals surface area contributed by atoms with Crippen molar-refractivity contribution in [2.45, 2.75) is 6.42 Å². The molecule has 5 heteroatoms. The largest absolute Gasteiger partial charge is 0.298 e. The number of hydrogen-bond donors (Lipinski definition) is 0. The topological polar surface area (TPSA) is 34.1 Å². The lowest BCUT2D eigenvalue weighted by Gasteiger charge is -2.05. The van der Waals surface area contributed by atoms with Gasteiger partial charge in [-0.1, -0.05) is 23.2 Å². The molecule has 0 aromatic heterocycles. The Bertz CT molecular complexity index is 391.